The summed E-state index contributed by atoms with van der Waals surface area (Å²) in [6.07, 6.45) is 7.02. The largest absolute Gasteiger partial charge is 0.329 e. The van der Waals surface area contributed by atoms with E-state index in [2.05, 4.69) is 15.8 Å². The zero-order valence-corrected chi connectivity index (χ0v) is 24.4. The Bertz CT molecular complexity index is 1140. The van der Waals surface area contributed by atoms with Gasteiger partial charge in [-0.3, -0.25) is 4.98 Å². The van der Waals surface area contributed by atoms with Gasteiger partial charge >= 0.3 is 0 Å². The summed E-state index contributed by atoms with van der Waals surface area (Å²) in [7, 11) is -1.31. The van der Waals surface area contributed by atoms with Gasteiger partial charge in [0.1, 0.15) is 16.8 Å². The van der Waals surface area contributed by atoms with Gasteiger partial charge < -0.3 is 5.73 Å². The van der Waals surface area contributed by atoms with Crippen molar-refractivity contribution in [2.45, 2.75) is 79.0 Å². The number of nitriles is 1. The number of aryl methyl sites for hydroxylation is 3. The number of nitrogens with zero attached hydrogens (tertiary/aromatic N) is 2. The zero-order chi connectivity index (χ0) is 28.2. The van der Waals surface area contributed by atoms with Crippen molar-refractivity contribution in [2.75, 3.05) is 6.54 Å². The number of nitrogens with two attached hydrogens (primary N) is 1. The van der Waals surface area contributed by atoms with E-state index >= 15 is 0 Å². The van der Waals surface area contributed by atoms with Crippen LogP contribution in [0.15, 0.2) is 54.3 Å². The summed E-state index contributed by atoms with van der Waals surface area (Å²) >= 11 is 0. The van der Waals surface area contributed by atoms with Crippen LogP contribution in [0.1, 0.15) is 70.3 Å². The van der Waals surface area contributed by atoms with E-state index in [1.165, 1.54) is 6.07 Å². The summed E-state index contributed by atoms with van der Waals surface area (Å²) in [6, 6.07) is 11.4. The molecule has 202 valence electrons. The molecule has 0 saturated heterocycles. The van der Waals surface area contributed by atoms with Crippen molar-refractivity contribution in [1.29, 1.82) is 5.26 Å². The third kappa shape index (κ3) is 10.3. The maximum atomic E-state index is 14.3. The molecule has 2 aromatic rings. The van der Waals surface area contributed by atoms with Crippen molar-refractivity contribution < 1.29 is 8.60 Å². The normalized spacial score (nSPS) is 14.7. The Labute approximate surface area is 225 Å². The molecule has 0 aliphatic rings. The van der Waals surface area contributed by atoms with E-state index in [1.807, 2.05) is 91.8 Å². The molecular formula is C30H43FN4OS. The second kappa shape index (κ2) is 15.6. The fourth-order valence-electron chi connectivity index (χ4n) is 3.41. The van der Waals surface area contributed by atoms with Gasteiger partial charge in [0.25, 0.3) is 0 Å². The summed E-state index contributed by atoms with van der Waals surface area (Å²) in [6.45, 7) is 15.9. The quantitative estimate of drug-likeness (QED) is 0.279. The fraction of sp³-hybridized carbons (Fsp3) is 0.467. The SMILES string of the molecule is CCc1cc(C)c(/C(C#N)=C(\C)[C@@H](C)/C=C\C(CN)S(=O)NC(C)(C)CC)cc1F.Cc1ccccn1. The van der Waals surface area contributed by atoms with Crippen LogP contribution in [0.5, 0.6) is 0 Å². The van der Waals surface area contributed by atoms with E-state index < -0.39 is 11.0 Å². The van der Waals surface area contributed by atoms with Crippen molar-refractivity contribution in [2.24, 2.45) is 11.7 Å². The van der Waals surface area contributed by atoms with Crippen LogP contribution in [0, 0.1) is 36.9 Å². The Hall–Kier alpha value is -2.66. The first-order valence-corrected chi connectivity index (χ1v) is 14.0. The molecule has 2 unspecified atom stereocenters. The van der Waals surface area contributed by atoms with Crippen LogP contribution in [0.2, 0.25) is 0 Å². The monoisotopic (exact) mass is 526 g/mol. The highest BCUT2D eigenvalue weighted by Gasteiger charge is 2.22. The van der Waals surface area contributed by atoms with E-state index in [-0.39, 0.29) is 29.1 Å². The molecule has 3 N–H and O–H groups in total. The second-order valence-electron chi connectivity index (χ2n) is 9.84. The van der Waals surface area contributed by atoms with Crippen LogP contribution in [-0.2, 0) is 17.4 Å². The zero-order valence-electron chi connectivity index (χ0n) is 23.6. The Kier molecular flexibility index (Phi) is 13.6. The van der Waals surface area contributed by atoms with E-state index in [1.54, 1.807) is 6.20 Å². The fourth-order valence-corrected chi connectivity index (χ4v) is 4.66. The molecule has 1 aromatic carbocycles. The number of hydrogen-bond donors (Lipinski definition) is 2. The molecule has 5 nitrogen and oxygen atoms in total. The molecule has 3 atom stereocenters. The molecule has 0 bridgehead atoms. The summed E-state index contributed by atoms with van der Waals surface area (Å²) < 4.78 is 30.1. The van der Waals surface area contributed by atoms with Crippen LogP contribution >= 0.6 is 0 Å². The van der Waals surface area contributed by atoms with Gasteiger partial charge in [0.2, 0.25) is 0 Å². The number of pyridine rings is 1. The third-order valence-corrected chi connectivity index (χ3v) is 8.08. The van der Waals surface area contributed by atoms with Crippen molar-refractivity contribution in [3.05, 3.63) is 82.5 Å². The highest BCUT2D eigenvalue weighted by atomic mass is 32.2. The van der Waals surface area contributed by atoms with E-state index in [9.17, 15) is 13.9 Å². The predicted octanol–water partition coefficient (Wildman–Crippen LogP) is 6.35. The highest BCUT2D eigenvalue weighted by Crippen LogP contribution is 2.28. The lowest BCUT2D eigenvalue weighted by Gasteiger charge is -2.25. The first-order valence-electron chi connectivity index (χ1n) is 12.7. The summed E-state index contributed by atoms with van der Waals surface area (Å²) in [5.41, 5.74) is 10.1. The Morgan fingerprint density at radius 2 is 1.95 bits per heavy atom. The third-order valence-electron chi connectivity index (χ3n) is 6.43. The average molecular weight is 527 g/mol. The van der Waals surface area contributed by atoms with Crippen molar-refractivity contribution in [3.8, 4) is 6.07 Å². The molecule has 2 rings (SSSR count). The van der Waals surface area contributed by atoms with E-state index in [0.29, 0.717) is 23.1 Å². The van der Waals surface area contributed by atoms with Gasteiger partial charge in [-0.15, -0.1) is 0 Å². The van der Waals surface area contributed by atoms with E-state index in [4.69, 9.17) is 5.73 Å². The first-order chi connectivity index (χ1) is 17.4. The lowest BCUT2D eigenvalue weighted by Crippen LogP contribution is -2.44. The maximum absolute atomic E-state index is 14.3. The first kappa shape index (κ1) is 32.4. The lowest BCUT2D eigenvalue weighted by molar-refractivity contribution is 0.454. The average Bonchev–Trinajstić information content (AvgIpc) is 2.87. The van der Waals surface area contributed by atoms with Gasteiger partial charge in [-0.05, 0) is 93.8 Å². The lowest BCUT2D eigenvalue weighted by atomic mass is 9.90. The van der Waals surface area contributed by atoms with Gasteiger partial charge in [0, 0.05) is 24.0 Å². The van der Waals surface area contributed by atoms with Crippen LogP contribution in [0.3, 0.4) is 0 Å². The Balaban J connectivity index is 0.000000836. The molecule has 1 aromatic heterocycles. The number of allylic oxidation sites excluding steroid dienone is 3. The minimum Gasteiger partial charge on any atom is -0.329 e. The summed E-state index contributed by atoms with van der Waals surface area (Å²) in [5, 5.41) is 9.44. The smallest absolute Gasteiger partial charge is 0.127 e. The molecule has 0 aliphatic heterocycles. The number of benzene rings is 1. The van der Waals surface area contributed by atoms with Gasteiger partial charge in [-0.25, -0.2) is 13.3 Å². The van der Waals surface area contributed by atoms with Gasteiger partial charge in [-0.1, -0.05) is 45.1 Å². The van der Waals surface area contributed by atoms with E-state index in [0.717, 1.165) is 23.3 Å². The Morgan fingerprint density at radius 3 is 2.41 bits per heavy atom. The topological polar surface area (TPSA) is 91.8 Å². The summed E-state index contributed by atoms with van der Waals surface area (Å²) in [4.78, 5) is 3.98. The molecule has 37 heavy (non-hydrogen) atoms. The molecule has 7 heteroatoms. The van der Waals surface area contributed by atoms with Crippen LogP contribution < -0.4 is 10.5 Å². The minimum absolute atomic E-state index is 0.0850. The number of aromatic nitrogens is 1. The van der Waals surface area contributed by atoms with Gasteiger partial charge in [0.15, 0.2) is 0 Å². The Morgan fingerprint density at radius 1 is 1.27 bits per heavy atom. The molecule has 0 spiro atoms. The second-order valence-corrected chi connectivity index (χ2v) is 11.2. The maximum Gasteiger partial charge on any atom is 0.127 e. The van der Waals surface area contributed by atoms with Crippen LogP contribution in [-0.4, -0.2) is 26.5 Å². The molecule has 1 heterocycles. The molecular weight excluding hydrogens is 483 g/mol. The van der Waals surface area contributed by atoms with Gasteiger partial charge in [-0.2, -0.15) is 5.26 Å². The number of nitrogens with one attached hydrogen (secondary N) is 1. The number of rotatable bonds is 10. The standard InChI is InChI=1S/C24H36FN3OS.C6H7N/c1-8-19-12-17(4)21(13-23(19)25)22(15-27)18(5)16(3)10-11-20(14-26)30(29)28-24(6,7)9-2;1-6-4-2-3-5-7-6/h10-13,16,20,28H,8-9,14,26H2,1-7H3;2-5H,1H3/b11-10-,22-18+;/t16-,20?,30?;/m0./s1. The molecule has 0 fully saturated rings. The minimum atomic E-state index is -1.31. The number of halogens is 1. The molecule has 0 aliphatic carbocycles. The van der Waals surface area contributed by atoms with Crippen LogP contribution in [0.25, 0.3) is 5.57 Å². The highest BCUT2D eigenvalue weighted by molar-refractivity contribution is 7.83. The van der Waals surface area contributed by atoms with Crippen molar-refractivity contribution in [3.63, 3.8) is 0 Å². The van der Waals surface area contributed by atoms with Crippen molar-refractivity contribution >= 4 is 16.6 Å². The van der Waals surface area contributed by atoms with Crippen LogP contribution in [0.4, 0.5) is 4.39 Å². The number of hydrogen-bond acceptors (Lipinski definition) is 4. The molecule has 0 radical (unpaired) electrons. The molecule has 0 saturated carbocycles. The van der Waals surface area contributed by atoms with Gasteiger partial charge in [0.05, 0.1) is 16.9 Å². The van der Waals surface area contributed by atoms with Crippen molar-refractivity contribution in [1.82, 2.24) is 9.71 Å². The predicted molar refractivity (Wildman–Crippen MR) is 154 cm³/mol. The summed E-state index contributed by atoms with van der Waals surface area (Å²) in [5.74, 6) is -0.372. The molecule has 0 amide bonds.